The Morgan fingerprint density at radius 3 is 2.60 bits per heavy atom. The van der Waals surface area contributed by atoms with Gasteiger partial charge in [0.1, 0.15) is 10.4 Å². The molecular formula is C17H16N2O4S2. The van der Waals surface area contributed by atoms with Crippen molar-refractivity contribution in [2.75, 3.05) is 18.6 Å². The standard InChI is InChI=1S/C17H16N2O4S2/c1-4-18-11-8-6-5-7-10(11)12(14(18)20)13-15(21)19(17(24)25-13)9(2)16(22)23-3/h5-9H,4H2,1-3H3/b13-12+/t9-/m0/s1. The maximum atomic E-state index is 12.9. The van der Waals surface area contributed by atoms with E-state index in [9.17, 15) is 14.4 Å². The predicted octanol–water partition coefficient (Wildman–Crippen LogP) is 2.19. The van der Waals surface area contributed by atoms with Crippen molar-refractivity contribution in [2.24, 2.45) is 0 Å². The number of thiocarbonyl (C=S) groups is 1. The number of hydrogen-bond donors (Lipinski definition) is 0. The van der Waals surface area contributed by atoms with E-state index in [2.05, 4.69) is 0 Å². The van der Waals surface area contributed by atoms with Crippen LogP contribution in [0.2, 0.25) is 0 Å². The molecule has 6 nitrogen and oxygen atoms in total. The summed E-state index contributed by atoms with van der Waals surface area (Å²) in [6, 6.07) is 6.49. The Hall–Kier alpha value is -2.19. The minimum atomic E-state index is -0.843. The number of amides is 2. The van der Waals surface area contributed by atoms with Gasteiger partial charge in [-0.25, -0.2) is 4.79 Å². The van der Waals surface area contributed by atoms with E-state index in [-0.39, 0.29) is 15.1 Å². The molecule has 0 unspecified atom stereocenters. The van der Waals surface area contributed by atoms with Crippen LogP contribution in [0.25, 0.3) is 5.57 Å². The zero-order chi connectivity index (χ0) is 18.3. The summed E-state index contributed by atoms with van der Waals surface area (Å²) in [4.78, 5) is 40.6. The first-order valence-electron chi connectivity index (χ1n) is 7.71. The number of esters is 1. The first-order valence-corrected chi connectivity index (χ1v) is 8.93. The highest BCUT2D eigenvalue weighted by Crippen LogP contribution is 2.44. The quantitative estimate of drug-likeness (QED) is 0.458. The number of benzene rings is 1. The topological polar surface area (TPSA) is 66.9 Å². The van der Waals surface area contributed by atoms with Crippen molar-refractivity contribution in [1.29, 1.82) is 0 Å². The Bertz CT molecular complexity index is 834. The second-order valence-corrected chi connectivity index (χ2v) is 7.16. The Morgan fingerprint density at radius 1 is 1.28 bits per heavy atom. The van der Waals surface area contributed by atoms with Crippen LogP contribution in [0.1, 0.15) is 19.4 Å². The van der Waals surface area contributed by atoms with Gasteiger partial charge in [-0.15, -0.1) is 0 Å². The number of carbonyl (C=O) groups is 3. The fraction of sp³-hybridized carbons (Fsp3) is 0.294. The summed E-state index contributed by atoms with van der Waals surface area (Å²) >= 11 is 6.32. The van der Waals surface area contributed by atoms with E-state index in [0.29, 0.717) is 17.7 Å². The van der Waals surface area contributed by atoms with Crippen LogP contribution in [0.3, 0.4) is 0 Å². The van der Waals surface area contributed by atoms with Gasteiger partial charge < -0.3 is 9.64 Å². The van der Waals surface area contributed by atoms with E-state index in [1.165, 1.54) is 12.0 Å². The van der Waals surface area contributed by atoms with Crippen molar-refractivity contribution in [3.8, 4) is 0 Å². The van der Waals surface area contributed by atoms with Gasteiger partial charge in [0.05, 0.1) is 23.3 Å². The number of methoxy groups -OCH3 is 1. The maximum absolute atomic E-state index is 12.9. The largest absolute Gasteiger partial charge is 0.467 e. The number of likely N-dealkylation sites (N-methyl/N-ethyl adjacent to an activating group) is 1. The SMILES string of the molecule is CCN1C(=O)/C(=C2/SC(=S)N([C@@H](C)C(=O)OC)C2=O)c2ccccc21. The van der Waals surface area contributed by atoms with E-state index in [0.717, 1.165) is 17.4 Å². The molecule has 2 heterocycles. The smallest absolute Gasteiger partial charge is 0.328 e. The normalized spacial score (nSPS) is 21.0. The summed E-state index contributed by atoms with van der Waals surface area (Å²) in [5.74, 6) is -1.23. The lowest BCUT2D eigenvalue weighted by molar-refractivity contribution is -0.147. The first-order chi connectivity index (χ1) is 11.9. The third kappa shape index (κ3) is 2.65. The summed E-state index contributed by atoms with van der Waals surface area (Å²) in [6.07, 6.45) is 0. The Labute approximate surface area is 154 Å². The van der Waals surface area contributed by atoms with Gasteiger partial charge in [-0.2, -0.15) is 0 Å². The molecule has 1 atom stereocenters. The van der Waals surface area contributed by atoms with Crippen molar-refractivity contribution in [3.05, 3.63) is 34.7 Å². The lowest BCUT2D eigenvalue weighted by atomic mass is 10.1. The predicted molar refractivity (Wildman–Crippen MR) is 99.9 cm³/mol. The molecule has 0 radical (unpaired) electrons. The van der Waals surface area contributed by atoms with Crippen LogP contribution >= 0.6 is 24.0 Å². The van der Waals surface area contributed by atoms with E-state index in [4.69, 9.17) is 17.0 Å². The molecule has 2 aliphatic rings. The van der Waals surface area contributed by atoms with Gasteiger partial charge >= 0.3 is 5.97 Å². The highest BCUT2D eigenvalue weighted by molar-refractivity contribution is 8.26. The van der Waals surface area contributed by atoms with Gasteiger partial charge in [0.15, 0.2) is 0 Å². The number of ether oxygens (including phenoxy) is 1. The molecule has 0 bridgehead atoms. The first kappa shape index (κ1) is 17.6. The molecule has 0 aromatic heterocycles. The van der Waals surface area contributed by atoms with Crippen molar-refractivity contribution in [2.45, 2.75) is 19.9 Å². The van der Waals surface area contributed by atoms with Crippen LogP contribution in [0.4, 0.5) is 5.69 Å². The van der Waals surface area contributed by atoms with E-state index >= 15 is 0 Å². The van der Waals surface area contributed by atoms with Crippen LogP contribution in [-0.2, 0) is 19.1 Å². The second kappa shape index (κ2) is 6.61. The Morgan fingerprint density at radius 2 is 1.96 bits per heavy atom. The highest BCUT2D eigenvalue weighted by Gasteiger charge is 2.44. The van der Waals surface area contributed by atoms with Gasteiger partial charge in [-0.05, 0) is 19.9 Å². The monoisotopic (exact) mass is 376 g/mol. The van der Waals surface area contributed by atoms with Gasteiger partial charge in [-0.3, -0.25) is 14.5 Å². The van der Waals surface area contributed by atoms with Gasteiger partial charge in [0.25, 0.3) is 11.8 Å². The van der Waals surface area contributed by atoms with Crippen molar-refractivity contribution >= 4 is 57.3 Å². The fourth-order valence-corrected chi connectivity index (χ4v) is 4.44. The van der Waals surface area contributed by atoms with E-state index < -0.39 is 17.9 Å². The van der Waals surface area contributed by atoms with E-state index in [1.807, 2.05) is 31.2 Å². The molecule has 1 aromatic carbocycles. The number of hydrogen-bond acceptors (Lipinski definition) is 6. The summed E-state index contributed by atoms with van der Waals surface area (Å²) in [5, 5.41) is 0. The molecule has 8 heteroatoms. The molecule has 1 aromatic rings. The minimum Gasteiger partial charge on any atom is -0.467 e. The number of carbonyl (C=O) groups excluding carboxylic acids is 3. The molecular weight excluding hydrogens is 360 g/mol. The van der Waals surface area contributed by atoms with Crippen LogP contribution < -0.4 is 4.90 Å². The molecule has 2 amide bonds. The number of fused-ring (bicyclic) bond motifs is 1. The third-order valence-electron chi connectivity index (χ3n) is 4.20. The van der Waals surface area contributed by atoms with Gasteiger partial charge in [0.2, 0.25) is 0 Å². The van der Waals surface area contributed by atoms with Crippen LogP contribution in [0.5, 0.6) is 0 Å². The van der Waals surface area contributed by atoms with Gasteiger partial charge in [0, 0.05) is 12.1 Å². The van der Waals surface area contributed by atoms with Crippen LogP contribution in [-0.4, -0.2) is 46.7 Å². The molecule has 3 rings (SSSR count). The number of anilines is 1. The summed E-state index contributed by atoms with van der Waals surface area (Å²) in [7, 11) is 1.25. The number of nitrogens with zero attached hydrogens (tertiary/aromatic N) is 2. The molecule has 25 heavy (non-hydrogen) atoms. The maximum Gasteiger partial charge on any atom is 0.328 e. The average Bonchev–Trinajstić information content (AvgIpc) is 3.05. The average molecular weight is 376 g/mol. The third-order valence-corrected chi connectivity index (χ3v) is 5.60. The number of para-hydroxylation sites is 1. The summed E-state index contributed by atoms with van der Waals surface area (Å²) < 4.78 is 4.94. The van der Waals surface area contributed by atoms with Crippen molar-refractivity contribution in [1.82, 2.24) is 4.90 Å². The Balaban J connectivity index is 2.10. The molecule has 2 aliphatic heterocycles. The Kier molecular flexibility index (Phi) is 4.66. The minimum absolute atomic E-state index is 0.227. The summed E-state index contributed by atoms with van der Waals surface area (Å²) in [6.45, 7) is 3.92. The van der Waals surface area contributed by atoms with Crippen molar-refractivity contribution in [3.63, 3.8) is 0 Å². The lowest BCUT2D eigenvalue weighted by Crippen LogP contribution is -2.42. The zero-order valence-electron chi connectivity index (χ0n) is 13.9. The number of thioether (sulfide) groups is 1. The van der Waals surface area contributed by atoms with E-state index in [1.54, 1.807) is 11.8 Å². The lowest BCUT2D eigenvalue weighted by Gasteiger charge is -2.20. The summed E-state index contributed by atoms with van der Waals surface area (Å²) in [5.41, 5.74) is 1.83. The molecule has 0 aliphatic carbocycles. The van der Waals surface area contributed by atoms with Gasteiger partial charge in [-0.1, -0.05) is 42.2 Å². The van der Waals surface area contributed by atoms with Crippen LogP contribution in [0.15, 0.2) is 29.2 Å². The second-order valence-electron chi connectivity index (χ2n) is 5.51. The van der Waals surface area contributed by atoms with Crippen molar-refractivity contribution < 1.29 is 19.1 Å². The molecule has 1 saturated heterocycles. The molecule has 130 valence electrons. The van der Waals surface area contributed by atoms with Crippen LogP contribution in [0, 0.1) is 0 Å². The molecule has 0 spiro atoms. The molecule has 0 N–H and O–H groups in total. The molecule has 0 saturated carbocycles. The number of rotatable bonds is 3. The molecule has 1 fully saturated rings. The fourth-order valence-electron chi connectivity index (χ4n) is 2.95. The highest BCUT2D eigenvalue weighted by atomic mass is 32.2. The zero-order valence-corrected chi connectivity index (χ0v) is 15.6.